The molecule has 7 heterocycles. The van der Waals surface area contributed by atoms with Gasteiger partial charge in [0.25, 0.3) is 0 Å². The number of nitrogens with one attached hydrogen (secondary N) is 1. The number of phenolic OH excluding ortho intramolecular Hbond substituents is 1. The van der Waals surface area contributed by atoms with Crippen molar-refractivity contribution >= 4 is 50.5 Å². The topological polar surface area (TPSA) is 161 Å². The number of anilines is 1. The largest absolute Gasteiger partial charge is 0.507 e. The summed E-state index contributed by atoms with van der Waals surface area (Å²) in [6.07, 6.45) is 2.39. The van der Waals surface area contributed by atoms with Gasteiger partial charge in [0, 0.05) is 67.6 Å². The number of aliphatic hydroxyl groups excluding tert-OH is 1. The number of hydrogen-bond acceptors (Lipinski definition) is 13. The van der Waals surface area contributed by atoms with Gasteiger partial charge in [-0.2, -0.15) is 0 Å². The van der Waals surface area contributed by atoms with Crippen molar-refractivity contribution in [2.45, 2.75) is 84.0 Å². The second-order valence-corrected chi connectivity index (χ2v) is 19.1. The van der Waals surface area contributed by atoms with E-state index < -0.39 is 18.1 Å². The van der Waals surface area contributed by atoms with Crippen LogP contribution < -0.4 is 10.2 Å². The average Bonchev–Trinajstić information content (AvgIpc) is 4.07. The Morgan fingerprint density at radius 1 is 1.02 bits per heavy atom. The van der Waals surface area contributed by atoms with Crippen molar-refractivity contribution in [1.82, 2.24) is 35.5 Å². The number of piperidine rings is 1. The molecule has 13 nitrogen and oxygen atoms in total. The van der Waals surface area contributed by atoms with Gasteiger partial charge in [0.2, 0.25) is 11.8 Å². The zero-order valence-corrected chi connectivity index (χ0v) is 36.6. The van der Waals surface area contributed by atoms with Crippen LogP contribution in [0, 0.1) is 18.8 Å². The second kappa shape index (κ2) is 17.3. The third-order valence-electron chi connectivity index (χ3n) is 12.7. The quantitative estimate of drug-likeness (QED) is 0.120. The summed E-state index contributed by atoms with van der Waals surface area (Å²) < 4.78 is 5.93. The van der Waals surface area contributed by atoms with Crippen molar-refractivity contribution < 1.29 is 24.3 Å². The Bertz CT molecular complexity index is 2530. The molecule has 4 atom stereocenters. The lowest BCUT2D eigenvalue weighted by Crippen LogP contribution is -2.48. The number of amides is 2. The lowest BCUT2D eigenvalue weighted by Gasteiger charge is -2.36. The highest BCUT2D eigenvalue weighted by Crippen LogP contribution is 2.38. The second-order valence-electron chi connectivity index (χ2n) is 17.2. The first-order chi connectivity index (χ1) is 29.5. The van der Waals surface area contributed by atoms with E-state index in [0.29, 0.717) is 22.9 Å². The normalized spacial score (nSPS) is 19.7. The molecular formula is C46H52N8O5S2. The number of phenols is 1. The number of thiazole rings is 1. The molecular weight excluding hydrogens is 809 g/mol. The molecule has 0 aliphatic carbocycles. The van der Waals surface area contributed by atoms with Crippen LogP contribution in [-0.2, 0) is 22.6 Å². The average molecular weight is 861 g/mol. The highest BCUT2D eigenvalue weighted by atomic mass is 32.1. The van der Waals surface area contributed by atoms with Gasteiger partial charge in [-0.05, 0) is 79.8 Å². The first-order valence-electron chi connectivity index (χ1n) is 21.3. The standard InChI is InChI=1S/C46H52N8O5S2/c1-26(2)42(46(58)54-23-32(55)19-37(54)44(57)48-27(3)30-9-11-31(12-10-30)43-28(4)47-25-60-43)39-21-41(51-59-39)53-17-13-29(14-18-53)22-52-16-15-40-35(24-52)34-20-36(49-50-45(34)61-40)33-7-5-6-8-38(33)56/h5-12,20-21,25-27,29,32,37,42,55-56H,13-19,22-24H2,1-4H3,(H,48,57)/t27-,32+,37-,42+/m0/s1. The van der Waals surface area contributed by atoms with Crippen LogP contribution in [0.1, 0.15) is 79.5 Å². The van der Waals surface area contributed by atoms with Gasteiger partial charge in [-0.15, -0.1) is 32.9 Å². The van der Waals surface area contributed by atoms with Crippen molar-refractivity contribution in [3.63, 3.8) is 0 Å². The minimum absolute atomic E-state index is 0.0836. The van der Waals surface area contributed by atoms with E-state index in [1.807, 2.05) is 81.7 Å². The zero-order valence-electron chi connectivity index (χ0n) is 35.0. The molecule has 9 rings (SSSR count). The maximum Gasteiger partial charge on any atom is 0.243 e. The van der Waals surface area contributed by atoms with Crippen molar-refractivity contribution in [3.8, 4) is 27.4 Å². The number of fused-ring (bicyclic) bond motifs is 3. The number of benzene rings is 2. The molecule has 0 unspecified atom stereocenters. The molecule has 318 valence electrons. The minimum atomic E-state index is -0.801. The Kier molecular flexibility index (Phi) is 11.7. The SMILES string of the molecule is Cc1ncsc1-c1ccc([C@H](C)NC(=O)[C@@H]2C[C@@H](O)CN2C(=O)[C@@H](c2cc(N3CCC(CN4CCc5sc6nnc(-c7ccccc7O)cc6c5C4)CC3)no2)C(C)C)cc1. The van der Waals surface area contributed by atoms with E-state index in [1.165, 1.54) is 15.3 Å². The third kappa shape index (κ3) is 8.40. The molecule has 3 N–H and O–H groups in total. The van der Waals surface area contributed by atoms with Crippen LogP contribution in [0.4, 0.5) is 5.82 Å². The van der Waals surface area contributed by atoms with Crippen LogP contribution >= 0.6 is 22.7 Å². The maximum atomic E-state index is 14.3. The highest BCUT2D eigenvalue weighted by Gasteiger charge is 2.44. The summed E-state index contributed by atoms with van der Waals surface area (Å²) in [6.45, 7) is 12.5. The van der Waals surface area contributed by atoms with Crippen LogP contribution in [0.2, 0.25) is 0 Å². The number of carbonyl (C=O) groups is 2. The maximum absolute atomic E-state index is 14.3. The molecule has 3 aliphatic heterocycles. The van der Waals surface area contributed by atoms with E-state index in [4.69, 9.17) is 4.52 Å². The molecule has 4 aromatic heterocycles. The fraction of sp³-hybridized carbons (Fsp3) is 0.435. The van der Waals surface area contributed by atoms with E-state index in [2.05, 4.69) is 41.5 Å². The lowest BCUT2D eigenvalue weighted by molar-refractivity contribution is -0.141. The fourth-order valence-corrected chi connectivity index (χ4v) is 11.2. The summed E-state index contributed by atoms with van der Waals surface area (Å²) in [4.78, 5) is 42.2. The van der Waals surface area contributed by atoms with Crippen LogP contribution in [0.3, 0.4) is 0 Å². The van der Waals surface area contributed by atoms with E-state index >= 15 is 0 Å². The number of aliphatic hydroxyl groups is 1. The number of likely N-dealkylation sites (tertiary alicyclic amines) is 1. The smallest absolute Gasteiger partial charge is 0.243 e. The molecule has 61 heavy (non-hydrogen) atoms. The molecule has 0 saturated carbocycles. The first-order valence-corrected chi connectivity index (χ1v) is 23.0. The van der Waals surface area contributed by atoms with E-state index in [9.17, 15) is 19.8 Å². The Morgan fingerprint density at radius 2 is 1.80 bits per heavy atom. The Morgan fingerprint density at radius 3 is 2.54 bits per heavy atom. The Labute approximate surface area is 363 Å². The van der Waals surface area contributed by atoms with Gasteiger partial charge >= 0.3 is 0 Å². The molecule has 2 saturated heterocycles. The van der Waals surface area contributed by atoms with Crippen molar-refractivity contribution in [1.29, 1.82) is 0 Å². The number of β-amino-alcohol motifs (C(OH)–C–C–N with tert-alkyl or cyclic N) is 1. The molecule has 2 fully saturated rings. The number of aryl methyl sites for hydroxylation is 1. The highest BCUT2D eigenvalue weighted by molar-refractivity contribution is 7.18. The summed E-state index contributed by atoms with van der Waals surface area (Å²) in [5, 5.41) is 38.9. The minimum Gasteiger partial charge on any atom is -0.507 e. The predicted molar refractivity (Wildman–Crippen MR) is 237 cm³/mol. The number of thiophene rings is 1. The van der Waals surface area contributed by atoms with Gasteiger partial charge in [-0.25, -0.2) is 4.98 Å². The number of rotatable bonds is 11. The Hall–Kier alpha value is -5.22. The lowest BCUT2D eigenvalue weighted by atomic mass is 9.91. The zero-order chi connectivity index (χ0) is 42.4. The van der Waals surface area contributed by atoms with Crippen molar-refractivity contribution in [2.75, 3.05) is 37.6 Å². The number of aromatic nitrogens is 4. The number of aromatic hydroxyl groups is 1. The van der Waals surface area contributed by atoms with E-state index in [1.54, 1.807) is 28.7 Å². The summed E-state index contributed by atoms with van der Waals surface area (Å²) in [5.41, 5.74) is 7.55. The molecule has 6 aromatic rings. The van der Waals surface area contributed by atoms with Crippen LogP contribution in [-0.4, -0.2) is 97.0 Å². The molecule has 2 aromatic carbocycles. The van der Waals surface area contributed by atoms with Crippen molar-refractivity contribution in [2.24, 2.45) is 11.8 Å². The van der Waals surface area contributed by atoms with E-state index in [0.717, 1.165) is 89.7 Å². The number of nitrogens with zero attached hydrogens (tertiary/aromatic N) is 7. The Balaban J connectivity index is 0.809. The number of hydrogen-bond donors (Lipinski definition) is 3. The van der Waals surface area contributed by atoms with Crippen LogP contribution in [0.15, 0.2) is 70.7 Å². The number of para-hydroxylation sites is 1. The van der Waals surface area contributed by atoms with Gasteiger partial charge in [0.05, 0.1) is 33.9 Å². The summed E-state index contributed by atoms with van der Waals surface area (Å²) >= 11 is 3.33. The molecule has 2 amide bonds. The van der Waals surface area contributed by atoms with E-state index in [-0.39, 0.29) is 42.5 Å². The van der Waals surface area contributed by atoms with Crippen LogP contribution in [0.25, 0.3) is 31.9 Å². The predicted octanol–water partition coefficient (Wildman–Crippen LogP) is 7.34. The molecule has 0 bridgehead atoms. The third-order valence-corrected chi connectivity index (χ3v) is 14.9. The van der Waals surface area contributed by atoms with Gasteiger partial charge < -0.3 is 29.9 Å². The van der Waals surface area contributed by atoms with Gasteiger partial charge in [0.15, 0.2) is 11.6 Å². The molecule has 0 spiro atoms. The molecule has 15 heteroatoms. The van der Waals surface area contributed by atoms with Gasteiger partial charge in [-0.3, -0.25) is 14.5 Å². The fourth-order valence-electron chi connectivity index (χ4n) is 9.32. The molecule has 0 radical (unpaired) electrons. The number of carbonyl (C=O) groups excluding carboxylic acids is 2. The van der Waals surface area contributed by atoms with Crippen LogP contribution in [0.5, 0.6) is 5.75 Å². The van der Waals surface area contributed by atoms with Gasteiger partial charge in [-0.1, -0.05) is 55.4 Å². The molecule has 3 aliphatic rings. The van der Waals surface area contributed by atoms with Crippen molar-refractivity contribution in [3.05, 3.63) is 93.6 Å². The first kappa shape index (κ1) is 41.1. The van der Waals surface area contributed by atoms with Gasteiger partial charge in [0.1, 0.15) is 22.5 Å². The summed E-state index contributed by atoms with van der Waals surface area (Å²) in [5.74, 6) is 0.626. The summed E-state index contributed by atoms with van der Waals surface area (Å²) in [6, 6.07) is 18.2. The monoisotopic (exact) mass is 860 g/mol. The summed E-state index contributed by atoms with van der Waals surface area (Å²) in [7, 11) is 0.